The summed E-state index contributed by atoms with van der Waals surface area (Å²) in [5.74, 6) is 0.778. The first-order valence-electron chi connectivity index (χ1n) is 21.7. The molecular formula is C58H48N2. The normalized spacial score (nSPS) is 18.4. The molecule has 1 atom stereocenters. The molecule has 0 radical (unpaired) electrons. The van der Waals surface area contributed by atoms with Crippen molar-refractivity contribution >= 4 is 22.4 Å². The van der Waals surface area contributed by atoms with Crippen molar-refractivity contribution in [1.29, 1.82) is 0 Å². The molecule has 7 aromatic rings. The molecule has 6 aromatic carbocycles. The highest BCUT2D eigenvalue weighted by Gasteiger charge is 2.54. The number of rotatable bonds is 6. The van der Waals surface area contributed by atoms with Crippen molar-refractivity contribution in [2.45, 2.75) is 63.7 Å². The maximum Gasteiger partial charge on any atom is 0.160 e. The Morgan fingerprint density at radius 3 is 2.20 bits per heavy atom. The molecule has 1 spiro atoms. The van der Waals surface area contributed by atoms with E-state index in [0.29, 0.717) is 0 Å². The summed E-state index contributed by atoms with van der Waals surface area (Å²) in [6.45, 7) is 7.10. The van der Waals surface area contributed by atoms with Crippen LogP contribution in [0.3, 0.4) is 0 Å². The molecular weight excluding hydrogens is 725 g/mol. The highest BCUT2D eigenvalue weighted by atomic mass is 14.9. The highest BCUT2D eigenvalue weighted by Crippen LogP contribution is 2.64. The van der Waals surface area contributed by atoms with E-state index >= 15 is 0 Å². The molecule has 1 heterocycles. The van der Waals surface area contributed by atoms with E-state index in [9.17, 15) is 0 Å². The standard InChI is InChI=1S/C58H48N2/c1-38-34-43-23-10-11-24-44(43)36-42(38)25-16-18-39-32-33-47-46(35-39)55-45(54-37-53(40-19-6-4-7-20-40)59-56(60-54)41-21-8-5-9-22-41)26-17-31-52(55)58(47)50-29-14-12-27-48(50)57(2,3)49-28-13-15-30-51(49)58/h4,6-8,10-12,14-17,19-27,29-37H,5,9,13,18,28H2,1-3H3/b25-16-. The average molecular weight is 773 g/mol. The Morgan fingerprint density at radius 2 is 1.37 bits per heavy atom. The number of benzene rings is 6. The van der Waals surface area contributed by atoms with Crippen molar-refractivity contribution in [3.8, 4) is 33.6 Å². The van der Waals surface area contributed by atoms with E-state index in [1.165, 1.54) is 66.4 Å². The molecule has 0 saturated carbocycles. The Bertz CT molecular complexity index is 3040. The van der Waals surface area contributed by atoms with E-state index in [4.69, 9.17) is 9.97 Å². The van der Waals surface area contributed by atoms with Gasteiger partial charge in [-0.05, 0) is 118 Å². The largest absolute Gasteiger partial charge is 0.228 e. The van der Waals surface area contributed by atoms with Crippen molar-refractivity contribution in [2.75, 3.05) is 0 Å². The topological polar surface area (TPSA) is 25.8 Å². The molecule has 60 heavy (non-hydrogen) atoms. The lowest BCUT2D eigenvalue weighted by atomic mass is 9.54. The quantitative estimate of drug-likeness (QED) is 0.168. The lowest BCUT2D eigenvalue weighted by Crippen LogP contribution is -2.41. The van der Waals surface area contributed by atoms with Gasteiger partial charge >= 0.3 is 0 Å². The molecule has 2 heteroatoms. The summed E-state index contributed by atoms with van der Waals surface area (Å²) in [5.41, 5.74) is 19.6. The van der Waals surface area contributed by atoms with E-state index in [2.05, 4.69) is 197 Å². The molecule has 1 unspecified atom stereocenters. The van der Waals surface area contributed by atoms with Gasteiger partial charge in [-0.2, -0.15) is 0 Å². The lowest BCUT2D eigenvalue weighted by molar-refractivity contribution is 0.524. The maximum atomic E-state index is 5.45. The molecule has 4 aliphatic rings. The molecule has 0 N–H and O–H groups in total. The van der Waals surface area contributed by atoms with Crippen molar-refractivity contribution < 1.29 is 0 Å². The average Bonchev–Trinajstić information content (AvgIpc) is 3.59. The molecule has 0 saturated heterocycles. The number of aryl methyl sites for hydroxylation is 1. The zero-order chi connectivity index (χ0) is 40.4. The SMILES string of the molecule is Cc1cc2ccccc2cc1/C=C\Cc1ccc2c(c1)-c1c(-c3cc(-c4ccccc4)nc(C4=CCCC=C4)n3)cccc1C21C2=C(CCC=C2)C(C)(C)c2ccccc21. The fourth-order valence-corrected chi connectivity index (χ4v) is 10.8. The van der Waals surface area contributed by atoms with Crippen LogP contribution in [0.5, 0.6) is 0 Å². The predicted octanol–water partition coefficient (Wildman–Crippen LogP) is 14.5. The van der Waals surface area contributed by atoms with E-state index in [1.807, 2.05) is 0 Å². The zero-order valence-electron chi connectivity index (χ0n) is 34.7. The van der Waals surface area contributed by atoms with Crippen molar-refractivity contribution in [3.63, 3.8) is 0 Å². The van der Waals surface area contributed by atoms with Crippen LogP contribution in [0, 0.1) is 6.92 Å². The van der Waals surface area contributed by atoms with E-state index < -0.39 is 5.41 Å². The minimum atomic E-state index is -0.456. The Hall–Kier alpha value is -6.64. The van der Waals surface area contributed by atoms with Crippen LogP contribution in [0.4, 0.5) is 0 Å². The Labute approximate surface area is 354 Å². The lowest BCUT2D eigenvalue weighted by Gasteiger charge is -2.48. The van der Waals surface area contributed by atoms with Gasteiger partial charge in [-0.3, -0.25) is 0 Å². The third-order valence-corrected chi connectivity index (χ3v) is 13.7. The second kappa shape index (κ2) is 14.3. The first kappa shape index (κ1) is 36.4. The first-order chi connectivity index (χ1) is 29.4. The molecule has 2 nitrogen and oxygen atoms in total. The van der Waals surface area contributed by atoms with E-state index in [-0.39, 0.29) is 5.41 Å². The summed E-state index contributed by atoms with van der Waals surface area (Å²) in [4.78, 5) is 10.7. The van der Waals surface area contributed by atoms with Gasteiger partial charge in [0.05, 0.1) is 16.8 Å². The summed E-state index contributed by atoms with van der Waals surface area (Å²) in [6.07, 6.45) is 21.3. The Kier molecular flexibility index (Phi) is 8.67. The minimum Gasteiger partial charge on any atom is -0.228 e. The number of fused-ring (bicyclic) bond motifs is 9. The van der Waals surface area contributed by atoms with Gasteiger partial charge in [-0.25, -0.2) is 9.97 Å². The van der Waals surface area contributed by atoms with Gasteiger partial charge in [-0.1, -0.05) is 183 Å². The molecule has 4 aliphatic carbocycles. The number of hydrogen-bond donors (Lipinski definition) is 0. The smallest absolute Gasteiger partial charge is 0.160 e. The third kappa shape index (κ3) is 5.69. The monoisotopic (exact) mass is 772 g/mol. The van der Waals surface area contributed by atoms with Crippen molar-refractivity contribution in [2.24, 2.45) is 0 Å². The third-order valence-electron chi connectivity index (χ3n) is 13.7. The van der Waals surface area contributed by atoms with Crippen LogP contribution >= 0.6 is 0 Å². The predicted molar refractivity (Wildman–Crippen MR) is 251 cm³/mol. The van der Waals surface area contributed by atoms with Crippen LogP contribution in [0.1, 0.15) is 84.3 Å². The fourth-order valence-electron chi connectivity index (χ4n) is 10.8. The van der Waals surface area contributed by atoms with Gasteiger partial charge in [-0.15, -0.1) is 0 Å². The number of nitrogens with zero attached hydrogens (tertiary/aromatic N) is 2. The van der Waals surface area contributed by atoms with Crippen LogP contribution in [-0.2, 0) is 17.3 Å². The summed E-state index contributed by atoms with van der Waals surface area (Å²) < 4.78 is 0. The van der Waals surface area contributed by atoms with Crippen LogP contribution in [0.25, 0.3) is 56.1 Å². The Morgan fingerprint density at radius 1 is 0.617 bits per heavy atom. The van der Waals surface area contributed by atoms with Gasteiger partial charge in [0.15, 0.2) is 5.82 Å². The molecule has 1 aromatic heterocycles. The van der Waals surface area contributed by atoms with Gasteiger partial charge in [0.1, 0.15) is 0 Å². The van der Waals surface area contributed by atoms with Gasteiger partial charge < -0.3 is 0 Å². The van der Waals surface area contributed by atoms with Gasteiger partial charge in [0, 0.05) is 22.1 Å². The zero-order valence-corrected chi connectivity index (χ0v) is 34.7. The van der Waals surface area contributed by atoms with Crippen LogP contribution in [0.15, 0.2) is 181 Å². The summed E-state index contributed by atoms with van der Waals surface area (Å²) in [5, 5.41) is 2.56. The number of hydrogen-bond acceptors (Lipinski definition) is 2. The maximum absolute atomic E-state index is 5.45. The first-order valence-corrected chi connectivity index (χ1v) is 21.7. The van der Waals surface area contributed by atoms with Gasteiger partial charge in [0.2, 0.25) is 0 Å². The molecule has 0 fully saturated rings. The summed E-state index contributed by atoms with van der Waals surface area (Å²) in [7, 11) is 0. The minimum absolute atomic E-state index is 0.0819. The fraction of sp³-hybridized carbons (Fsp3) is 0.172. The van der Waals surface area contributed by atoms with E-state index in [1.54, 1.807) is 5.57 Å². The van der Waals surface area contributed by atoms with Crippen LogP contribution in [-0.4, -0.2) is 9.97 Å². The second-order valence-corrected chi connectivity index (χ2v) is 17.5. The highest BCUT2D eigenvalue weighted by molar-refractivity contribution is 5.97. The summed E-state index contributed by atoms with van der Waals surface area (Å²) in [6, 6.07) is 49.7. The van der Waals surface area contributed by atoms with Gasteiger partial charge in [0.25, 0.3) is 0 Å². The molecule has 0 bridgehead atoms. The second-order valence-electron chi connectivity index (χ2n) is 17.5. The summed E-state index contributed by atoms with van der Waals surface area (Å²) >= 11 is 0. The van der Waals surface area contributed by atoms with E-state index in [0.717, 1.165) is 66.0 Å². The molecule has 0 aliphatic heterocycles. The molecule has 11 rings (SSSR count). The Balaban J connectivity index is 1.14. The molecule has 290 valence electrons. The molecule has 0 amide bonds. The van der Waals surface area contributed by atoms with Crippen molar-refractivity contribution in [1.82, 2.24) is 9.97 Å². The number of aromatic nitrogens is 2. The van der Waals surface area contributed by atoms with Crippen molar-refractivity contribution in [3.05, 3.63) is 226 Å². The number of allylic oxidation sites excluding steroid dienone is 9. The van der Waals surface area contributed by atoms with Crippen LogP contribution in [0.2, 0.25) is 0 Å². The van der Waals surface area contributed by atoms with Crippen LogP contribution < -0.4 is 0 Å².